The SMILES string of the molecule is CC1OCCC1(C)Nc1ccc(C(N)=S)c(Br)c1. The van der Waals surface area contributed by atoms with E-state index < -0.39 is 0 Å². The minimum Gasteiger partial charge on any atom is -0.389 e. The highest BCUT2D eigenvalue weighted by Gasteiger charge is 2.36. The molecule has 3 N–H and O–H groups in total. The molecule has 1 saturated heterocycles. The van der Waals surface area contributed by atoms with E-state index in [1.807, 2.05) is 18.2 Å². The number of ether oxygens (including phenoxy) is 1. The van der Waals surface area contributed by atoms with Crippen LogP contribution in [0.1, 0.15) is 25.8 Å². The van der Waals surface area contributed by atoms with Crippen LogP contribution in [0.3, 0.4) is 0 Å². The van der Waals surface area contributed by atoms with Gasteiger partial charge in [0.2, 0.25) is 0 Å². The third-order valence-corrected chi connectivity index (χ3v) is 4.43. The first-order valence-corrected chi connectivity index (χ1v) is 7.12. The van der Waals surface area contributed by atoms with Gasteiger partial charge in [0.1, 0.15) is 4.99 Å². The van der Waals surface area contributed by atoms with Gasteiger partial charge in [0.15, 0.2) is 0 Å². The summed E-state index contributed by atoms with van der Waals surface area (Å²) in [5.41, 5.74) is 7.51. The molecule has 1 aliphatic heterocycles. The lowest BCUT2D eigenvalue weighted by atomic mass is 9.94. The summed E-state index contributed by atoms with van der Waals surface area (Å²) >= 11 is 8.48. The molecule has 2 atom stereocenters. The average Bonchev–Trinajstić information content (AvgIpc) is 2.58. The van der Waals surface area contributed by atoms with Gasteiger partial charge in [-0.25, -0.2) is 0 Å². The number of anilines is 1. The molecule has 0 saturated carbocycles. The van der Waals surface area contributed by atoms with Crippen LogP contribution in [-0.2, 0) is 4.74 Å². The topological polar surface area (TPSA) is 47.3 Å². The van der Waals surface area contributed by atoms with Gasteiger partial charge in [0, 0.05) is 22.3 Å². The summed E-state index contributed by atoms with van der Waals surface area (Å²) in [5, 5.41) is 3.53. The summed E-state index contributed by atoms with van der Waals surface area (Å²) in [4.78, 5) is 0.400. The van der Waals surface area contributed by atoms with Crippen molar-refractivity contribution in [3.8, 4) is 0 Å². The number of benzene rings is 1. The van der Waals surface area contributed by atoms with Crippen LogP contribution in [0.2, 0.25) is 0 Å². The van der Waals surface area contributed by atoms with Crippen molar-refractivity contribution in [3.63, 3.8) is 0 Å². The molecule has 0 radical (unpaired) electrons. The Morgan fingerprint density at radius 3 is 2.83 bits per heavy atom. The summed E-state index contributed by atoms with van der Waals surface area (Å²) in [6.07, 6.45) is 1.20. The van der Waals surface area contributed by atoms with E-state index in [0.717, 1.165) is 28.8 Å². The summed E-state index contributed by atoms with van der Waals surface area (Å²) in [6, 6.07) is 5.93. The van der Waals surface area contributed by atoms with Crippen molar-refractivity contribution in [1.82, 2.24) is 0 Å². The Morgan fingerprint density at radius 1 is 1.61 bits per heavy atom. The molecule has 0 amide bonds. The zero-order chi connectivity index (χ0) is 13.3. The molecule has 2 rings (SSSR count). The van der Waals surface area contributed by atoms with E-state index in [4.69, 9.17) is 22.7 Å². The first-order valence-electron chi connectivity index (χ1n) is 5.91. The quantitative estimate of drug-likeness (QED) is 0.837. The third-order valence-electron chi connectivity index (χ3n) is 3.55. The van der Waals surface area contributed by atoms with Gasteiger partial charge in [0.25, 0.3) is 0 Å². The van der Waals surface area contributed by atoms with Crippen molar-refractivity contribution < 1.29 is 4.74 Å². The first kappa shape index (κ1) is 13.8. The first-order chi connectivity index (χ1) is 8.42. The molecule has 98 valence electrons. The standard InChI is InChI=1S/C13H17BrN2OS/c1-8-13(2,5-6-17-8)16-9-3-4-10(12(15)18)11(14)7-9/h3-4,7-8,16H,5-6H2,1-2H3,(H2,15,18). The Bertz CT molecular complexity index is 480. The maximum absolute atomic E-state index is 5.64. The number of thiocarbonyl (C=S) groups is 1. The van der Waals surface area contributed by atoms with Crippen molar-refractivity contribution >= 4 is 38.8 Å². The summed E-state index contributed by atoms with van der Waals surface area (Å²) in [5.74, 6) is 0. The smallest absolute Gasteiger partial charge is 0.105 e. The zero-order valence-corrected chi connectivity index (χ0v) is 12.9. The Morgan fingerprint density at radius 2 is 2.33 bits per heavy atom. The maximum atomic E-state index is 5.64. The summed E-state index contributed by atoms with van der Waals surface area (Å²) in [6.45, 7) is 5.08. The van der Waals surface area contributed by atoms with Crippen molar-refractivity contribution in [1.29, 1.82) is 0 Å². The van der Waals surface area contributed by atoms with Gasteiger partial charge in [-0.05, 0) is 54.4 Å². The molecule has 1 fully saturated rings. The van der Waals surface area contributed by atoms with E-state index in [1.165, 1.54) is 0 Å². The van der Waals surface area contributed by atoms with Gasteiger partial charge >= 0.3 is 0 Å². The van der Waals surface area contributed by atoms with E-state index >= 15 is 0 Å². The molecule has 1 aromatic rings. The van der Waals surface area contributed by atoms with E-state index in [2.05, 4.69) is 35.1 Å². The van der Waals surface area contributed by atoms with Crippen LogP contribution in [0.4, 0.5) is 5.69 Å². The minimum atomic E-state index is -0.0236. The minimum absolute atomic E-state index is 0.0236. The molecule has 1 heterocycles. The van der Waals surface area contributed by atoms with Crippen LogP contribution in [0.15, 0.2) is 22.7 Å². The fourth-order valence-corrected chi connectivity index (χ4v) is 3.02. The molecule has 5 heteroatoms. The second-order valence-electron chi connectivity index (χ2n) is 4.86. The van der Waals surface area contributed by atoms with E-state index in [9.17, 15) is 0 Å². The molecule has 0 spiro atoms. The second-order valence-corrected chi connectivity index (χ2v) is 6.16. The highest BCUT2D eigenvalue weighted by Crippen LogP contribution is 2.31. The molecule has 0 aliphatic carbocycles. The van der Waals surface area contributed by atoms with Gasteiger partial charge in [-0.3, -0.25) is 0 Å². The monoisotopic (exact) mass is 328 g/mol. The number of rotatable bonds is 3. The van der Waals surface area contributed by atoms with Crippen LogP contribution >= 0.6 is 28.1 Å². The number of hydrogen-bond donors (Lipinski definition) is 2. The molecule has 1 aromatic carbocycles. The third kappa shape index (κ3) is 2.68. The number of nitrogens with one attached hydrogen (secondary N) is 1. The van der Waals surface area contributed by atoms with Crippen molar-refractivity contribution in [2.24, 2.45) is 5.73 Å². The molecule has 1 aliphatic rings. The van der Waals surface area contributed by atoms with Crippen LogP contribution in [0, 0.1) is 0 Å². The fraction of sp³-hybridized carbons (Fsp3) is 0.462. The van der Waals surface area contributed by atoms with Crippen LogP contribution in [0.25, 0.3) is 0 Å². The highest BCUT2D eigenvalue weighted by molar-refractivity contribution is 9.10. The van der Waals surface area contributed by atoms with Crippen LogP contribution in [0.5, 0.6) is 0 Å². The fourth-order valence-electron chi connectivity index (χ4n) is 2.12. The summed E-state index contributed by atoms with van der Waals surface area (Å²) in [7, 11) is 0. The Balaban J connectivity index is 2.20. The van der Waals surface area contributed by atoms with Gasteiger partial charge in [-0.15, -0.1) is 0 Å². The van der Waals surface area contributed by atoms with Gasteiger partial charge in [0.05, 0.1) is 11.6 Å². The van der Waals surface area contributed by atoms with Gasteiger partial charge < -0.3 is 15.8 Å². The predicted octanol–water partition coefficient (Wildman–Crippen LogP) is 3.06. The van der Waals surface area contributed by atoms with Crippen molar-refractivity contribution in [2.45, 2.75) is 31.9 Å². The average molecular weight is 329 g/mol. The molecule has 2 unspecified atom stereocenters. The van der Waals surface area contributed by atoms with Crippen molar-refractivity contribution in [2.75, 3.05) is 11.9 Å². The van der Waals surface area contributed by atoms with Gasteiger partial charge in [-0.1, -0.05) is 12.2 Å². The second kappa shape index (κ2) is 5.15. The zero-order valence-electron chi connectivity index (χ0n) is 10.5. The van der Waals surface area contributed by atoms with E-state index in [0.29, 0.717) is 4.99 Å². The molecule has 0 aromatic heterocycles. The van der Waals surface area contributed by atoms with E-state index in [1.54, 1.807) is 0 Å². The lowest BCUT2D eigenvalue weighted by molar-refractivity contribution is 0.105. The number of hydrogen-bond acceptors (Lipinski definition) is 3. The summed E-state index contributed by atoms with van der Waals surface area (Å²) < 4.78 is 6.53. The largest absolute Gasteiger partial charge is 0.389 e. The normalized spacial score (nSPS) is 27.2. The maximum Gasteiger partial charge on any atom is 0.105 e. The number of halogens is 1. The van der Waals surface area contributed by atoms with Crippen LogP contribution < -0.4 is 11.1 Å². The molecular weight excluding hydrogens is 312 g/mol. The Labute approximate surface area is 121 Å². The molecular formula is C13H17BrN2OS. The van der Waals surface area contributed by atoms with Crippen LogP contribution in [-0.4, -0.2) is 23.2 Å². The van der Waals surface area contributed by atoms with Crippen molar-refractivity contribution in [3.05, 3.63) is 28.2 Å². The molecule has 18 heavy (non-hydrogen) atoms. The highest BCUT2D eigenvalue weighted by atomic mass is 79.9. The molecule has 0 bridgehead atoms. The Hall–Kier alpha value is -0.650. The lowest BCUT2D eigenvalue weighted by Gasteiger charge is -2.30. The Kier molecular flexibility index (Phi) is 3.94. The lowest BCUT2D eigenvalue weighted by Crippen LogP contribution is -2.41. The number of nitrogens with two attached hydrogens (primary N) is 1. The molecule has 3 nitrogen and oxygen atoms in total. The van der Waals surface area contributed by atoms with E-state index in [-0.39, 0.29) is 11.6 Å². The predicted molar refractivity (Wildman–Crippen MR) is 82.1 cm³/mol. The van der Waals surface area contributed by atoms with Gasteiger partial charge in [-0.2, -0.15) is 0 Å².